The van der Waals surface area contributed by atoms with Crippen molar-refractivity contribution in [2.24, 2.45) is 0 Å². The van der Waals surface area contributed by atoms with E-state index in [4.69, 9.17) is 11.6 Å². The molecule has 1 aromatic heterocycles. The van der Waals surface area contributed by atoms with Gasteiger partial charge in [-0.05, 0) is 18.2 Å². The zero-order valence-electron chi connectivity index (χ0n) is 10.5. The second kappa shape index (κ2) is 5.28. The average molecular weight is 321 g/mol. The average Bonchev–Trinajstić information content (AvgIpc) is 2.79. The van der Waals surface area contributed by atoms with Gasteiger partial charge in [0.2, 0.25) is 5.69 Å². The third-order valence-corrected chi connectivity index (χ3v) is 2.92. The molecule has 1 N–H and O–H groups in total. The number of methoxy groups -OCH3 is 1. The monoisotopic (exact) mass is 320 g/mol. The van der Waals surface area contributed by atoms with Gasteiger partial charge in [-0.25, -0.2) is 9.48 Å². The first-order chi connectivity index (χ1) is 9.74. The van der Waals surface area contributed by atoms with Crippen LogP contribution in [0.15, 0.2) is 24.4 Å². The van der Waals surface area contributed by atoms with E-state index in [1.807, 2.05) is 0 Å². The number of aromatic hydroxyl groups is 1. The van der Waals surface area contributed by atoms with E-state index in [2.05, 4.69) is 9.84 Å². The van der Waals surface area contributed by atoms with Gasteiger partial charge >= 0.3 is 12.1 Å². The Bertz CT molecular complexity index is 698. The third-order valence-electron chi connectivity index (χ3n) is 2.59. The maximum atomic E-state index is 12.8. The van der Waals surface area contributed by atoms with E-state index in [0.29, 0.717) is 0 Å². The van der Waals surface area contributed by atoms with Gasteiger partial charge in [-0.2, -0.15) is 18.3 Å². The van der Waals surface area contributed by atoms with Crippen LogP contribution < -0.4 is 0 Å². The number of hydrogen-bond acceptors (Lipinski definition) is 4. The molecule has 2 aromatic rings. The Morgan fingerprint density at radius 3 is 2.67 bits per heavy atom. The van der Waals surface area contributed by atoms with Crippen LogP contribution in [0.4, 0.5) is 13.2 Å². The number of carbonyl (C=O) groups is 1. The fraction of sp³-hybridized carbons (Fsp3) is 0.167. The zero-order chi connectivity index (χ0) is 15.8. The molecule has 0 unspecified atom stereocenters. The molecule has 21 heavy (non-hydrogen) atoms. The van der Waals surface area contributed by atoms with Gasteiger partial charge in [-0.1, -0.05) is 11.6 Å². The topological polar surface area (TPSA) is 64.3 Å². The summed E-state index contributed by atoms with van der Waals surface area (Å²) in [4.78, 5) is 11.3. The maximum Gasteiger partial charge on any atom is 0.417 e. The Kier molecular flexibility index (Phi) is 3.82. The summed E-state index contributed by atoms with van der Waals surface area (Å²) >= 11 is 5.50. The number of halogens is 4. The van der Waals surface area contributed by atoms with Crippen molar-refractivity contribution in [3.63, 3.8) is 0 Å². The molecule has 0 bridgehead atoms. The number of benzene rings is 1. The molecule has 2 rings (SSSR count). The van der Waals surface area contributed by atoms with Gasteiger partial charge in [0, 0.05) is 0 Å². The lowest BCUT2D eigenvalue weighted by Gasteiger charge is -2.10. The second-order valence-electron chi connectivity index (χ2n) is 3.96. The molecular formula is C12H8ClF3N2O3. The molecule has 1 aromatic carbocycles. The number of aromatic nitrogens is 2. The summed E-state index contributed by atoms with van der Waals surface area (Å²) in [6.45, 7) is 0. The fourth-order valence-corrected chi connectivity index (χ4v) is 1.84. The van der Waals surface area contributed by atoms with Crippen LogP contribution in [0.25, 0.3) is 5.69 Å². The molecule has 0 spiro atoms. The van der Waals surface area contributed by atoms with E-state index in [-0.39, 0.29) is 5.69 Å². The smallest absolute Gasteiger partial charge is 0.417 e. The van der Waals surface area contributed by atoms with Crippen LogP contribution in [0.3, 0.4) is 0 Å². The molecule has 0 atom stereocenters. The van der Waals surface area contributed by atoms with Crippen LogP contribution in [0.1, 0.15) is 16.1 Å². The van der Waals surface area contributed by atoms with Gasteiger partial charge in [0.1, 0.15) is 0 Å². The lowest BCUT2D eigenvalue weighted by atomic mass is 10.2. The lowest BCUT2D eigenvalue weighted by molar-refractivity contribution is -0.137. The summed E-state index contributed by atoms with van der Waals surface area (Å²) in [5, 5.41) is 12.8. The SMILES string of the molecule is COC(=O)c1nn(-c2ccc(Cl)c(C(F)(F)F)c2)cc1O. The predicted molar refractivity (Wildman–Crippen MR) is 66.6 cm³/mol. The molecule has 0 amide bonds. The minimum Gasteiger partial charge on any atom is -0.504 e. The highest BCUT2D eigenvalue weighted by atomic mass is 35.5. The molecule has 0 saturated carbocycles. The van der Waals surface area contributed by atoms with Crippen molar-refractivity contribution in [1.29, 1.82) is 0 Å². The fourth-order valence-electron chi connectivity index (χ4n) is 1.61. The Morgan fingerprint density at radius 2 is 2.10 bits per heavy atom. The van der Waals surface area contributed by atoms with Gasteiger partial charge in [-0.15, -0.1) is 0 Å². The summed E-state index contributed by atoms with van der Waals surface area (Å²) in [6, 6.07) is 3.08. The molecule has 0 fully saturated rings. The van der Waals surface area contributed by atoms with Crippen molar-refractivity contribution < 1.29 is 27.8 Å². The Morgan fingerprint density at radius 1 is 1.43 bits per heavy atom. The van der Waals surface area contributed by atoms with Gasteiger partial charge in [0.15, 0.2) is 5.75 Å². The summed E-state index contributed by atoms with van der Waals surface area (Å²) < 4.78 is 43.6. The van der Waals surface area contributed by atoms with Gasteiger partial charge < -0.3 is 9.84 Å². The quantitative estimate of drug-likeness (QED) is 0.864. The Hall–Kier alpha value is -2.22. The first kappa shape index (κ1) is 15.2. The molecule has 0 aliphatic rings. The van der Waals surface area contributed by atoms with Crippen molar-refractivity contribution in [1.82, 2.24) is 9.78 Å². The maximum absolute atomic E-state index is 12.8. The highest BCUT2D eigenvalue weighted by Crippen LogP contribution is 2.36. The van der Waals surface area contributed by atoms with Crippen LogP contribution in [-0.2, 0) is 10.9 Å². The van der Waals surface area contributed by atoms with Crippen molar-refractivity contribution in [3.8, 4) is 11.4 Å². The van der Waals surface area contributed by atoms with Crippen molar-refractivity contribution in [2.45, 2.75) is 6.18 Å². The highest BCUT2D eigenvalue weighted by Gasteiger charge is 2.33. The highest BCUT2D eigenvalue weighted by molar-refractivity contribution is 6.31. The Balaban J connectivity index is 2.51. The van der Waals surface area contributed by atoms with Crippen LogP contribution >= 0.6 is 11.6 Å². The van der Waals surface area contributed by atoms with Crippen molar-refractivity contribution in [2.75, 3.05) is 7.11 Å². The first-order valence-electron chi connectivity index (χ1n) is 5.48. The normalized spacial score (nSPS) is 11.5. The number of rotatable bonds is 2. The molecule has 5 nitrogen and oxygen atoms in total. The van der Waals surface area contributed by atoms with Gasteiger partial charge in [-0.3, -0.25) is 0 Å². The van der Waals surface area contributed by atoms with E-state index >= 15 is 0 Å². The largest absolute Gasteiger partial charge is 0.504 e. The van der Waals surface area contributed by atoms with Gasteiger partial charge in [0.05, 0.1) is 29.6 Å². The molecule has 1 heterocycles. The Labute approximate surface area is 121 Å². The van der Waals surface area contributed by atoms with Crippen LogP contribution in [0.2, 0.25) is 5.02 Å². The molecule has 0 radical (unpaired) electrons. The van der Waals surface area contributed by atoms with Gasteiger partial charge in [0.25, 0.3) is 0 Å². The first-order valence-corrected chi connectivity index (χ1v) is 5.86. The molecular weight excluding hydrogens is 313 g/mol. The van der Waals surface area contributed by atoms with Crippen LogP contribution in [0, 0.1) is 0 Å². The van der Waals surface area contributed by atoms with Crippen molar-refractivity contribution in [3.05, 3.63) is 40.7 Å². The zero-order valence-corrected chi connectivity index (χ0v) is 11.2. The number of alkyl halides is 3. The summed E-state index contributed by atoms with van der Waals surface area (Å²) in [5.41, 5.74) is -1.46. The minimum atomic E-state index is -4.63. The van der Waals surface area contributed by atoms with Crippen molar-refractivity contribution >= 4 is 17.6 Å². The molecule has 112 valence electrons. The molecule has 0 saturated heterocycles. The summed E-state index contributed by atoms with van der Waals surface area (Å²) in [7, 11) is 1.09. The predicted octanol–water partition coefficient (Wildman–Crippen LogP) is 3.04. The van der Waals surface area contributed by atoms with E-state index in [0.717, 1.165) is 30.1 Å². The van der Waals surface area contributed by atoms with E-state index in [1.165, 1.54) is 6.07 Å². The number of hydrogen-bond donors (Lipinski definition) is 1. The molecule has 9 heteroatoms. The molecule has 0 aliphatic heterocycles. The number of ether oxygens (including phenoxy) is 1. The van der Waals surface area contributed by atoms with Crippen LogP contribution in [-0.4, -0.2) is 28.0 Å². The number of esters is 1. The number of carbonyl (C=O) groups excluding carboxylic acids is 1. The van der Waals surface area contributed by atoms with E-state index in [1.54, 1.807) is 0 Å². The lowest BCUT2D eigenvalue weighted by Crippen LogP contribution is -2.08. The minimum absolute atomic E-state index is 0.0165. The van der Waals surface area contributed by atoms with E-state index < -0.39 is 34.2 Å². The summed E-state index contributed by atoms with van der Waals surface area (Å²) in [6.07, 6.45) is -3.64. The van der Waals surface area contributed by atoms with E-state index in [9.17, 15) is 23.1 Å². The number of nitrogens with zero attached hydrogens (tertiary/aromatic N) is 2. The second-order valence-corrected chi connectivity index (χ2v) is 4.37. The summed E-state index contributed by atoms with van der Waals surface area (Å²) in [5.74, 6) is -1.42. The third kappa shape index (κ3) is 2.94. The molecule has 0 aliphatic carbocycles. The standard InChI is InChI=1S/C12H8ClF3N2O3/c1-21-11(20)10-9(19)5-18(17-10)6-2-3-8(13)7(4-6)12(14,15)16/h2-5,19H,1H3. The van der Waals surface area contributed by atoms with Crippen LogP contribution in [0.5, 0.6) is 5.75 Å².